The van der Waals surface area contributed by atoms with E-state index < -0.39 is 0 Å². The second-order valence-electron chi connectivity index (χ2n) is 15.6. The summed E-state index contributed by atoms with van der Waals surface area (Å²) in [5.41, 5.74) is 11.8. The molecule has 0 heterocycles. The number of nitrogens with two attached hydrogens (primary N) is 2. The second kappa shape index (κ2) is 44.5. The molecule has 0 saturated carbocycles. The minimum Gasteiger partial charge on any atom is -0.330 e. The van der Waals surface area contributed by atoms with Crippen LogP contribution in [0.1, 0.15) is 219 Å². The lowest BCUT2D eigenvalue weighted by Crippen LogP contribution is -2.38. The Balaban J connectivity index is 3.91. The van der Waals surface area contributed by atoms with Gasteiger partial charge in [0.2, 0.25) is 0 Å². The maximum Gasteiger partial charge on any atom is 0.0109 e. The van der Waals surface area contributed by atoms with Crippen LogP contribution in [0, 0.1) is 0 Å². The van der Waals surface area contributed by atoms with Crippen molar-refractivity contribution in [3.63, 3.8) is 0 Å². The predicted octanol–water partition coefficient (Wildman–Crippen LogP) is 13.1. The van der Waals surface area contributed by atoms with Gasteiger partial charge in [0.25, 0.3) is 0 Å². The summed E-state index contributed by atoms with van der Waals surface area (Å²) in [6, 6.07) is 0. The Kier molecular flexibility index (Phi) is 43.9. The second-order valence-corrected chi connectivity index (χ2v) is 15.6. The summed E-state index contributed by atoms with van der Waals surface area (Å²) in [5, 5.41) is 0. The van der Waals surface area contributed by atoms with Crippen molar-refractivity contribution < 1.29 is 0 Å². The predicted molar refractivity (Wildman–Crippen MR) is 228 cm³/mol. The van der Waals surface area contributed by atoms with Crippen molar-refractivity contribution in [1.82, 2.24) is 9.80 Å². The van der Waals surface area contributed by atoms with Crippen molar-refractivity contribution in [1.29, 1.82) is 0 Å². The van der Waals surface area contributed by atoms with Crippen molar-refractivity contribution in [3.05, 3.63) is 24.3 Å². The molecule has 50 heavy (non-hydrogen) atoms. The molecule has 0 rings (SSSR count). The lowest BCUT2D eigenvalue weighted by Gasteiger charge is -2.28. The fourth-order valence-corrected chi connectivity index (χ4v) is 7.10. The van der Waals surface area contributed by atoms with E-state index in [2.05, 4.69) is 48.0 Å². The average Bonchev–Trinajstić information content (AvgIpc) is 3.13. The van der Waals surface area contributed by atoms with E-state index in [1.54, 1.807) is 0 Å². The molecule has 4 heteroatoms. The molecule has 0 fully saturated rings. The molecule has 0 amide bonds. The summed E-state index contributed by atoms with van der Waals surface area (Å²) in [7, 11) is 0. The van der Waals surface area contributed by atoms with Crippen LogP contribution < -0.4 is 11.5 Å². The Bertz CT molecular complexity index is 607. The van der Waals surface area contributed by atoms with E-state index in [1.165, 1.54) is 219 Å². The van der Waals surface area contributed by atoms with Gasteiger partial charge in [0.05, 0.1) is 0 Å². The van der Waals surface area contributed by atoms with Gasteiger partial charge in [-0.2, -0.15) is 0 Å². The Morgan fingerprint density at radius 2 is 0.520 bits per heavy atom. The molecular formula is C46H94N4. The molecule has 0 aliphatic carbocycles. The Morgan fingerprint density at radius 3 is 0.800 bits per heavy atom. The van der Waals surface area contributed by atoms with E-state index >= 15 is 0 Å². The van der Waals surface area contributed by atoms with Crippen molar-refractivity contribution in [2.45, 2.75) is 219 Å². The molecule has 0 aliphatic heterocycles. The molecule has 0 aromatic heterocycles. The minimum absolute atomic E-state index is 0.802. The molecule has 0 unspecified atom stereocenters. The van der Waals surface area contributed by atoms with Gasteiger partial charge in [-0.05, 0) is 116 Å². The fourth-order valence-electron chi connectivity index (χ4n) is 7.10. The maximum atomic E-state index is 5.91. The van der Waals surface area contributed by atoms with Gasteiger partial charge in [-0.25, -0.2) is 0 Å². The lowest BCUT2D eigenvalue weighted by molar-refractivity contribution is 0.196. The van der Waals surface area contributed by atoms with Crippen LogP contribution in [0.2, 0.25) is 0 Å². The quantitative estimate of drug-likeness (QED) is 0.0490. The van der Waals surface area contributed by atoms with E-state index in [4.69, 9.17) is 11.5 Å². The summed E-state index contributed by atoms with van der Waals surface area (Å²) in [6.45, 7) is 13.3. The van der Waals surface area contributed by atoms with Gasteiger partial charge in [0.15, 0.2) is 0 Å². The standard InChI is InChI=1S/C46H94N4/c1-3-5-7-9-11-13-15-17-19-21-23-25-27-29-31-33-35-41-49(43-37-39-47)45-46-50(44-38-40-48)42-36-34-32-30-28-26-24-22-20-18-16-14-12-10-8-6-4-2/h19-22H,3-18,23-48H2,1-2H3/b21-19-,22-20-. The number of allylic oxidation sites excluding steroid dienone is 4. The van der Waals surface area contributed by atoms with Crippen LogP contribution in [-0.4, -0.2) is 62.2 Å². The summed E-state index contributed by atoms with van der Waals surface area (Å²) in [6.07, 6.45) is 53.4. The van der Waals surface area contributed by atoms with Crippen LogP contribution in [0.5, 0.6) is 0 Å². The maximum absolute atomic E-state index is 5.91. The van der Waals surface area contributed by atoms with Crippen LogP contribution >= 0.6 is 0 Å². The van der Waals surface area contributed by atoms with E-state index in [9.17, 15) is 0 Å². The summed E-state index contributed by atoms with van der Waals surface area (Å²) in [4.78, 5) is 5.39. The number of rotatable bonds is 43. The Labute approximate surface area is 316 Å². The molecule has 4 nitrogen and oxygen atoms in total. The van der Waals surface area contributed by atoms with Crippen molar-refractivity contribution >= 4 is 0 Å². The van der Waals surface area contributed by atoms with Crippen LogP contribution in [0.3, 0.4) is 0 Å². The third-order valence-electron chi connectivity index (χ3n) is 10.6. The normalized spacial score (nSPS) is 12.2. The van der Waals surface area contributed by atoms with Crippen LogP contribution in [0.25, 0.3) is 0 Å². The van der Waals surface area contributed by atoms with Gasteiger partial charge < -0.3 is 21.3 Å². The number of nitrogens with zero attached hydrogens (tertiary/aromatic N) is 2. The summed E-state index contributed by atoms with van der Waals surface area (Å²) >= 11 is 0. The van der Waals surface area contributed by atoms with Gasteiger partial charge >= 0.3 is 0 Å². The van der Waals surface area contributed by atoms with Gasteiger partial charge in [0, 0.05) is 13.1 Å². The van der Waals surface area contributed by atoms with Gasteiger partial charge in [-0.1, -0.05) is 167 Å². The number of hydrogen-bond acceptors (Lipinski definition) is 4. The molecule has 0 aromatic carbocycles. The number of unbranched alkanes of at least 4 members (excludes halogenated alkanes) is 26. The zero-order valence-electron chi connectivity index (χ0n) is 34.6. The summed E-state index contributed by atoms with van der Waals surface area (Å²) in [5.74, 6) is 0. The van der Waals surface area contributed by atoms with E-state index in [0.29, 0.717) is 0 Å². The Morgan fingerprint density at radius 1 is 0.280 bits per heavy atom. The van der Waals surface area contributed by atoms with Crippen LogP contribution in [0.15, 0.2) is 24.3 Å². The first-order valence-electron chi connectivity index (χ1n) is 22.9. The molecule has 0 bridgehead atoms. The van der Waals surface area contributed by atoms with Crippen LogP contribution in [-0.2, 0) is 0 Å². The number of hydrogen-bond donors (Lipinski definition) is 2. The zero-order valence-corrected chi connectivity index (χ0v) is 34.6. The first kappa shape index (κ1) is 49.3. The molecule has 0 atom stereocenters. The SMILES string of the molecule is CCCCCCCCC/C=C\CCCCCCCCN(CCCN)CCN(CCCN)CCCCCCCC/C=C\CCCCCCCCC. The average molecular weight is 703 g/mol. The molecule has 0 aromatic rings. The van der Waals surface area contributed by atoms with E-state index in [0.717, 1.165) is 39.0 Å². The molecule has 0 radical (unpaired) electrons. The first-order chi connectivity index (χ1) is 24.8. The molecule has 4 N–H and O–H groups in total. The topological polar surface area (TPSA) is 58.5 Å². The van der Waals surface area contributed by atoms with Crippen molar-refractivity contribution in [2.75, 3.05) is 52.4 Å². The largest absolute Gasteiger partial charge is 0.330 e. The van der Waals surface area contributed by atoms with Gasteiger partial charge in [0.1, 0.15) is 0 Å². The minimum atomic E-state index is 0.802. The van der Waals surface area contributed by atoms with Gasteiger partial charge in [-0.3, -0.25) is 0 Å². The lowest BCUT2D eigenvalue weighted by atomic mass is 10.1. The fraction of sp³-hybridized carbons (Fsp3) is 0.913. The first-order valence-corrected chi connectivity index (χ1v) is 22.9. The van der Waals surface area contributed by atoms with Crippen molar-refractivity contribution in [2.24, 2.45) is 11.5 Å². The summed E-state index contributed by atoms with van der Waals surface area (Å²) < 4.78 is 0. The molecule has 298 valence electrons. The van der Waals surface area contributed by atoms with E-state index in [1.807, 2.05) is 0 Å². The van der Waals surface area contributed by atoms with Crippen molar-refractivity contribution in [3.8, 4) is 0 Å². The third-order valence-corrected chi connectivity index (χ3v) is 10.6. The van der Waals surface area contributed by atoms with Gasteiger partial charge in [-0.15, -0.1) is 0 Å². The molecule has 0 spiro atoms. The molecular weight excluding hydrogens is 609 g/mol. The van der Waals surface area contributed by atoms with E-state index in [-0.39, 0.29) is 0 Å². The van der Waals surface area contributed by atoms with Crippen LogP contribution in [0.4, 0.5) is 0 Å². The third kappa shape index (κ3) is 40.1. The smallest absolute Gasteiger partial charge is 0.0109 e. The Hall–Kier alpha value is -0.680. The highest BCUT2D eigenvalue weighted by Crippen LogP contribution is 2.13. The monoisotopic (exact) mass is 703 g/mol. The highest BCUT2D eigenvalue weighted by Gasteiger charge is 2.09. The molecule has 0 aliphatic rings. The zero-order chi connectivity index (χ0) is 36.3. The highest BCUT2D eigenvalue weighted by molar-refractivity contribution is 4.82. The molecule has 0 saturated heterocycles. The highest BCUT2D eigenvalue weighted by atomic mass is 15.2.